The van der Waals surface area contributed by atoms with E-state index in [2.05, 4.69) is 20.8 Å². The van der Waals surface area contributed by atoms with Gasteiger partial charge in [-0.2, -0.15) is 5.26 Å². The lowest BCUT2D eigenvalue weighted by molar-refractivity contribution is -0.160. The molecule has 14 heteroatoms. The molecule has 0 saturated heterocycles. The maximum absolute atomic E-state index is 11.6. The van der Waals surface area contributed by atoms with Crippen molar-refractivity contribution in [2.45, 2.75) is 77.9 Å². The number of carbonyl (C=O) groups excluding carboxylic acids is 1. The fraction of sp³-hybridized carbons (Fsp3) is 0.500. The van der Waals surface area contributed by atoms with Crippen molar-refractivity contribution >= 4 is 33.5 Å². The average molecular weight is 731 g/mol. The van der Waals surface area contributed by atoms with Crippen molar-refractivity contribution in [1.29, 1.82) is 5.26 Å². The number of ether oxygens (including phenoxy) is 5. The summed E-state index contributed by atoms with van der Waals surface area (Å²) in [7, 11) is -3.49. The molecule has 2 aromatic carbocycles. The summed E-state index contributed by atoms with van der Waals surface area (Å²) in [6.07, 6.45) is 5.71. The van der Waals surface area contributed by atoms with E-state index >= 15 is 0 Å². The Morgan fingerprint density at radius 3 is 2.26 bits per heavy atom. The minimum Gasteiger partial charge on any atom is -0.491 e. The molecular weight excluding hydrogens is 684 g/mol. The summed E-state index contributed by atoms with van der Waals surface area (Å²) in [6, 6.07) is 15.1. The second-order valence-corrected chi connectivity index (χ2v) is 15.3. The van der Waals surface area contributed by atoms with Crippen LogP contribution < -0.4 is 14.2 Å². The van der Waals surface area contributed by atoms with Crippen LogP contribution in [0.15, 0.2) is 48.7 Å². The van der Waals surface area contributed by atoms with Crippen molar-refractivity contribution < 1.29 is 36.9 Å². The highest BCUT2D eigenvalue weighted by Gasteiger charge is 2.26. The Bertz CT molecular complexity index is 1700. The number of rotatable bonds is 20. The van der Waals surface area contributed by atoms with Crippen LogP contribution in [-0.2, 0) is 41.1 Å². The van der Waals surface area contributed by atoms with Crippen molar-refractivity contribution in [3.8, 4) is 17.6 Å². The van der Waals surface area contributed by atoms with Gasteiger partial charge in [0.25, 0.3) is 0 Å². The first-order valence-corrected chi connectivity index (χ1v) is 18.6. The third-order valence-electron chi connectivity index (χ3n) is 7.24. The van der Waals surface area contributed by atoms with Gasteiger partial charge in [0, 0.05) is 31.4 Å². The van der Waals surface area contributed by atoms with Crippen LogP contribution in [0.3, 0.4) is 0 Å². The number of unbranched alkanes of at least 4 members (excludes halogenated alkanes) is 2. The normalized spacial score (nSPS) is 11.9. The third-order valence-corrected chi connectivity index (χ3v) is 8.07. The number of benzene rings is 2. The lowest BCUT2D eigenvalue weighted by Gasteiger charge is -2.27. The van der Waals surface area contributed by atoms with Crippen LogP contribution in [0.4, 0.5) is 5.95 Å². The molecule has 272 valence electrons. The fourth-order valence-corrected chi connectivity index (χ4v) is 5.42. The van der Waals surface area contributed by atoms with E-state index in [1.54, 1.807) is 6.07 Å². The maximum atomic E-state index is 11.6. The molecule has 0 aliphatic heterocycles. The Labute approximate surface area is 300 Å². The molecule has 0 spiro atoms. The molecule has 3 rings (SSSR count). The average Bonchev–Trinajstić information content (AvgIpc) is 3.03. The van der Waals surface area contributed by atoms with Crippen LogP contribution in [-0.4, -0.2) is 69.2 Å². The smallest absolute Gasteiger partial charge is 0.332 e. The summed E-state index contributed by atoms with van der Waals surface area (Å²) in [5.41, 5.74) is 1.71. The van der Waals surface area contributed by atoms with E-state index in [4.69, 9.17) is 35.3 Å². The summed E-state index contributed by atoms with van der Waals surface area (Å²) in [4.78, 5) is 19.7. The number of sulfonamides is 1. The van der Waals surface area contributed by atoms with Gasteiger partial charge in [-0.05, 0) is 87.9 Å². The van der Waals surface area contributed by atoms with E-state index in [1.165, 1.54) is 6.20 Å². The Kier molecular flexibility index (Phi) is 15.3. The van der Waals surface area contributed by atoms with E-state index in [0.717, 1.165) is 36.6 Å². The molecule has 12 nitrogen and oxygen atoms in total. The molecule has 3 aromatic rings. The molecule has 0 fully saturated rings. The number of esters is 1. The highest BCUT2D eigenvalue weighted by atomic mass is 35.5. The second kappa shape index (κ2) is 18.9. The predicted molar refractivity (Wildman–Crippen MR) is 191 cm³/mol. The van der Waals surface area contributed by atoms with Gasteiger partial charge in [-0.25, -0.2) is 23.2 Å². The highest BCUT2D eigenvalue weighted by Crippen LogP contribution is 2.38. The predicted octanol–water partition coefficient (Wildman–Crippen LogP) is 6.59. The zero-order valence-corrected chi connectivity index (χ0v) is 31.2. The Morgan fingerprint density at radius 2 is 1.58 bits per heavy atom. The van der Waals surface area contributed by atoms with E-state index in [9.17, 15) is 18.5 Å². The molecule has 1 N–H and O–H groups in total. The molecule has 1 aromatic heterocycles. The molecule has 1 heterocycles. The molecule has 0 aliphatic rings. The van der Waals surface area contributed by atoms with Crippen LogP contribution in [0.25, 0.3) is 0 Å². The van der Waals surface area contributed by atoms with Gasteiger partial charge in [0.05, 0.1) is 29.1 Å². The molecule has 0 unspecified atom stereocenters. The summed E-state index contributed by atoms with van der Waals surface area (Å²) in [5.74, 6) is 0.584. The molecule has 0 aliphatic carbocycles. The van der Waals surface area contributed by atoms with E-state index in [-0.39, 0.29) is 25.1 Å². The lowest BCUT2D eigenvalue weighted by atomic mass is 9.77. The van der Waals surface area contributed by atoms with Gasteiger partial charge in [0.2, 0.25) is 16.0 Å². The van der Waals surface area contributed by atoms with Gasteiger partial charge in [-0.3, -0.25) is 4.72 Å². The van der Waals surface area contributed by atoms with Gasteiger partial charge in [0.15, 0.2) is 5.75 Å². The van der Waals surface area contributed by atoms with Gasteiger partial charge in [-0.1, -0.05) is 37.6 Å². The van der Waals surface area contributed by atoms with Crippen LogP contribution in [0, 0.1) is 11.3 Å². The number of halogens is 1. The summed E-state index contributed by atoms with van der Waals surface area (Å²) in [6.45, 7) is 11.6. The van der Waals surface area contributed by atoms with Gasteiger partial charge in [0.1, 0.15) is 30.6 Å². The highest BCUT2D eigenvalue weighted by molar-refractivity contribution is 7.91. The second-order valence-electron chi connectivity index (χ2n) is 13.1. The first-order valence-electron chi connectivity index (χ1n) is 16.3. The standard InChI is InChI=1S/C36H47ClN4O8S/c1-35(2,3)49-32(42)25-46-19-10-18-45-17-8-7-9-20-47-33-26(23-38)21-28(22-31(33)37)36(4,5)27-11-13-30(14-12-27)48-24-29-15-16-39-34(40-29)41-50(6,43)44/h11-16,21-22H,7-10,17-20,24-25H2,1-6H3,(H,39,40,41). The fourth-order valence-electron chi connectivity index (χ4n) is 4.72. The maximum Gasteiger partial charge on any atom is 0.332 e. The van der Waals surface area contributed by atoms with Gasteiger partial charge in [-0.15, -0.1) is 0 Å². The first-order chi connectivity index (χ1) is 23.6. The van der Waals surface area contributed by atoms with Crippen LogP contribution >= 0.6 is 11.6 Å². The summed E-state index contributed by atoms with van der Waals surface area (Å²) < 4.78 is 53.2. The first kappa shape index (κ1) is 40.5. The van der Waals surface area contributed by atoms with Crippen molar-refractivity contribution in [2.24, 2.45) is 0 Å². The van der Waals surface area contributed by atoms with Crippen LogP contribution in [0.1, 0.15) is 82.7 Å². The van der Waals surface area contributed by atoms with Gasteiger partial charge >= 0.3 is 5.97 Å². The SMILES string of the molecule is CC(C)(C)OC(=O)COCCCOCCCCCOc1c(Cl)cc(C(C)(C)c2ccc(OCc3ccnc(NS(C)(=O)=O)n3)cc2)cc1C#N. The quantitative estimate of drug-likeness (QED) is 0.0987. The summed E-state index contributed by atoms with van der Waals surface area (Å²) >= 11 is 6.66. The number of carbonyl (C=O) groups is 1. The monoisotopic (exact) mass is 730 g/mol. The largest absolute Gasteiger partial charge is 0.491 e. The zero-order valence-electron chi connectivity index (χ0n) is 29.6. The topological polar surface area (TPSA) is 159 Å². The Hall–Kier alpha value is -3.96. The number of nitriles is 1. The van der Waals surface area contributed by atoms with E-state index in [1.807, 2.05) is 71.0 Å². The lowest BCUT2D eigenvalue weighted by Crippen LogP contribution is -2.26. The minimum atomic E-state index is -3.49. The zero-order chi connectivity index (χ0) is 36.8. The number of aromatic nitrogens is 2. The molecule has 0 amide bonds. The number of hydrogen-bond acceptors (Lipinski definition) is 11. The van der Waals surface area contributed by atoms with E-state index in [0.29, 0.717) is 60.6 Å². The Morgan fingerprint density at radius 1 is 0.900 bits per heavy atom. The molecular formula is C36H47ClN4O8S. The molecule has 50 heavy (non-hydrogen) atoms. The molecule has 0 radical (unpaired) electrons. The van der Waals surface area contributed by atoms with Crippen molar-refractivity contribution in [1.82, 2.24) is 9.97 Å². The number of nitrogens with zero attached hydrogens (tertiary/aromatic N) is 3. The number of anilines is 1. The van der Waals surface area contributed by atoms with Crippen molar-refractivity contribution in [3.05, 3.63) is 76.1 Å². The molecule has 0 atom stereocenters. The van der Waals surface area contributed by atoms with Crippen LogP contribution in [0.2, 0.25) is 5.02 Å². The molecule has 0 bridgehead atoms. The minimum absolute atomic E-state index is 0.0204. The number of hydrogen-bond donors (Lipinski definition) is 1. The summed E-state index contributed by atoms with van der Waals surface area (Å²) in [5, 5.41) is 10.3. The Balaban J connectivity index is 1.43. The van der Waals surface area contributed by atoms with Gasteiger partial charge < -0.3 is 23.7 Å². The van der Waals surface area contributed by atoms with Crippen molar-refractivity contribution in [2.75, 3.05) is 44.0 Å². The molecule has 0 saturated carbocycles. The van der Waals surface area contributed by atoms with E-state index < -0.39 is 21.0 Å². The van der Waals surface area contributed by atoms with Crippen LogP contribution in [0.5, 0.6) is 11.5 Å². The van der Waals surface area contributed by atoms with Crippen molar-refractivity contribution in [3.63, 3.8) is 0 Å². The number of nitrogens with one attached hydrogen (secondary N) is 1. The third kappa shape index (κ3) is 14.1.